The minimum atomic E-state index is -1.96. The van der Waals surface area contributed by atoms with Crippen LogP contribution in [0.1, 0.15) is 57.6 Å². The lowest BCUT2D eigenvalue weighted by Crippen LogP contribution is -2.55. The zero-order valence-corrected chi connectivity index (χ0v) is 25.3. The van der Waals surface area contributed by atoms with Crippen molar-refractivity contribution < 1.29 is 22.7 Å². The molecule has 3 nitrogen and oxygen atoms in total. The third kappa shape index (κ3) is 5.41. The van der Waals surface area contributed by atoms with E-state index in [1.54, 1.807) is 13.4 Å². The van der Waals surface area contributed by atoms with Gasteiger partial charge in [0.1, 0.15) is 5.82 Å². The van der Waals surface area contributed by atoms with Crippen molar-refractivity contribution >= 4 is 19.9 Å². The second-order valence-electron chi connectivity index (χ2n) is 12.5. The van der Waals surface area contributed by atoms with Crippen molar-refractivity contribution in [3.63, 3.8) is 0 Å². The number of hydrogen-bond donors (Lipinski definition) is 0. The van der Waals surface area contributed by atoms with Crippen LogP contribution in [0.25, 0.3) is 0 Å². The molecule has 4 rings (SSSR count). The van der Waals surface area contributed by atoms with Crippen LogP contribution in [0.5, 0.6) is 5.75 Å². The van der Waals surface area contributed by atoms with Crippen LogP contribution < -0.4 is 4.74 Å². The molecule has 0 spiro atoms. The molecule has 1 fully saturated rings. The van der Waals surface area contributed by atoms with E-state index in [4.69, 9.17) is 25.5 Å². The van der Waals surface area contributed by atoms with Gasteiger partial charge in [-0.3, -0.25) is 0 Å². The van der Waals surface area contributed by atoms with Crippen LogP contribution in [0.2, 0.25) is 23.2 Å². The van der Waals surface area contributed by atoms with Gasteiger partial charge in [-0.25, -0.2) is 8.78 Å². The van der Waals surface area contributed by atoms with E-state index in [0.29, 0.717) is 30.2 Å². The van der Waals surface area contributed by atoms with Crippen molar-refractivity contribution in [3.8, 4) is 5.75 Å². The Morgan fingerprint density at radius 3 is 2.42 bits per heavy atom. The summed E-state index contributed by atoms with van der Waals surface area (Å²) >= 11 is 6.18. The monoisotopic (exact) mass is 562 g/mol. The molecule has 0 N–H and O–H groups in total. The van der Waals surface area contributed by atoms with Gasteiger partial charge in [0, 0.05) is 33.9 Å². The number of rotatable bonds is 8. The Balaban J connectivity index is 1.81. The topological polar surface area (TPSA) is 27.7 Å². The Morgan fingerprint density at radius 2 is 1.76 bits per heavy atom. The van der Waals surface area contributed by atoms with Gasteiger partial charge in [-0.05, 0) is 79.7 Å². The Labute approximate surface area is 232 Å². The molecule has 0 radical (unpaired) electrons. The van der Waals surface area contributed by atoms with Crippen LogP contribution >= 0.6 is 11.6 Å². The molecule has 1 saturated carbocycles. The first kappa shape index (κ1) is 29.1. The number of halogens is 3. The van der Waals surface area contributed by atoms with Crippen molar-refractivity contribution in [1.82, 2.24) is 0 Å². The highest BCUT2D eigenvalue weighted by Gasteiger charge is 2.57. The number of methoxy groups -OCH3 is 1. The van der Waals surface area contributed by atoms with Gasteiger partial charge in [-0.2, -0.15) is 0 Å². The predicted molar refractivity (Wildman–Crippen MR) is 152 cm³/mol. The van der Waals surface area contributed by atoms with Gasteiger partial charge < -0.3 is 13.9 Å². The van der Waals surface area contributed by atoms with E-state index in [2.05, 4.69) is 39.9 Å². The zero-order chi connectivity index (χ0) is 27.8. The zero-order valence-electron chi connectivity index (χ0n) is 23.5. The SMILES string of the molecule is COC=C[C@]1(CCO[Si](C)(C)C(C)(C)C)CCC[C@@]2(Cc3ccc(Cl)cc3)c3c(F)ccc(F)c3OC[C@@H]12. The smallest absolute Gasteiger partial charge is 0.191 e. The maximum atomic E-state index is 15.7. The fraction of sp³-hybridized carbons (Fsp3) is 0.548. The minimum Gasteiger partial charge on any atom is -0.505 e. The molecule has 0 unspecified atom stereocenters. The van der Waals surface area contributed by atoms with Crippen molar-refractivity contribution in [3.05, 3.63) is 76.5 Å². The van der Waals surface area contributed by atoms with Gasteiger partial charge in [-0.1, -0.05) is 50.9 Å². The summed E-state index contributed by atoms with van der Waals surface area (Å²) in [4.78, 5) is 0. The second kappa shape index (κ2) is 10.9. The summed E-state index contributed by atoms with van der Waals surface area (Å²) in [5.74, 6) is -0.971. The molecule has 0 aromatic heterocycles. The first-order chi connectivity index (χ1) is 17.9. The Hall–Kier alpha value is -1.89. The summed E-state index contributed by atoms with van der Waals surface area (Å²) in [7, 11) is -0.324. The molecule has 2 aromatic rings. The molecule has 0 bridgehead atoms. The third-order valence-corrected chi connectivity index (χ3v) is 14.2. The molecule has 0 saturated heterocycles. The standard InChI is InChI=1S/C31H41ClF2O3Si/c1-29(2,3)38(5,6)37-19-17-30(16-18-35-4)14-7-15-31(20-22-8-10-23(32)11-9-22)26(30)21-36-28-25(34)13-12-24(33)27(28)31/h8-13,16,18,26H,7,14-15,17,19-21H2,1-6H3/t26-,30-,31-/m0/s1. The van der Waals surface area contributed by atoms with Gasteiger partial charge in [0.15, 0.2) is 19.9 Å². The molecule has 1 aliphatic carbocycles. The highest BCUT2D eigenvalue weighted by molar-refractivity contribution is 6.74. The molecule has 3 atom stereocenters. The first-order valence-electron chi connectivity index (χ1n) is 13.6. The lowest BCUT2D eigenvalue weighted by atomic mass is 9.49. The van der Waals surface area contributed by atoms with Crippen LogP contribution in [-0.2, 0) is 21.0 Å². The average molecular weight is 563 g/mol. The molecule has 0 amide bonds. The highest BCUT2D eigenvalue weighted by Crippen LogP contribution is 2.61. The fourth-order valence-electron chi connectivity index (χ4n) is 6.33. The molecule has 7 heteroatoms. The van der Waals surface area contributed by atoms with Gasteiger partial charge in [0.05, 0.1) is 20.0 Å². The van der Waals surface area contributed by atoms with E-state index in [0.717, 1.165) is 31.2 Å². The number of ether oxygens (including phenoxy) is 2. The van der Waals surface area contributed by atoms with E-state index in [9.17, 15) is 0 Å². The van der Waals surface area contributed by atoms with Crippen LogP contribution in [-0.4, -0.2) is 28.6 Å². The lowest BCUT2D eigenvalue weighted by molar-refractivity contribution is -0.0191. The molecule has 1 aliphatic heterocycles. The van der Waals surface area contributed by atoms with Gasteiger partial charge in [-0.15, -0.1) is 0 Å². The average Bonchev–Trinajstić information content (AvgIpc) is 2.85. The van der Waals surface area contributed by atoms with Gasteiger partial charge in [0.2, 0.25) is 0 Å². The summed E-state index contributed by atoms with van der Waals surface area (Å²) in [6.45, 7) is 12.1. The highest BCUT2D eigenvalue weighted by atomic mass is 35.5. The fourth-order valence-corrected chi connectivity index (χ4v) is 7.50. The molecule has 38 heavy (non-hydrogen) atoms. The van der Waals surface area contributed by atoms with Gasteiger partial charge in [0.25, 0.3) is 0 Å². The number of hydrogen-bond acceptors (Lipinski definition) is 3. The molecule has 2 aromatic carbocycles. The van der Waals surface area contributed by atoms with Crippen LogP contribution in [0, 0.1) is 23.0 Å². The van der Waals surface area contributed by atoms with E-state index in [1.807, 2.05) is 24.3 Å². The van der Waals surface area contributed by atoms with E-state index < -0.39 is 25.4 Å². The lowest BCUT2D eigenvalue weighted by Gasteiger charge is -2.56. The quantitative estimate of drug-likeness (QED) is 0.237. The first-order valence-corrected chi connectivity index (χ1v) is 16.8. The van der Waals surface area contributed by atoms with Crippen molar-refractivity contribution in [1.29, 1.82) is 0 Å². The summed E-state index contributed by atoms with van der Waals surface area (Å²) in [5, 5.41) is 0.747. The van der Waals surface area contributed by atoms with Gasteiger partial charge >= 0.3 is 0 Å². The summed E-state index contributed by atoms with van der Waals surface area (Å²) in [6, 6.07) is 10.1. The largest absolute Gasteiger partial charge is 0.505 e. The minimum absolute atomic E-state index is 0.0549. The van der Waals surface area contributed by atoms with E-state index in [-0.39, 0.29) is 22.1 Å². The summed E-state index contributed by atoms with van der Waals surface area (Å²) < 4.78 is 48.9. The van der Waals surface area contributed by atoms with Crippen molar-refractivity contribution in [2.24, 2.45) is 11.3 Å². The summed E-state index contributed by atoms with van der Waals surface area (Å²) in [6.07, 6.45) is 7.70. The number of benzene rings is 2. The Morgan fingerprint density at radius 1 is 1.08 bits per heavy atom. The van der Waals surface area contributed by atoms with E-state index >= 15 is 8.78 Å². The van der Waals surface area contributed by atoms with Crippen LogP contribution in [0.15, 0.2) is 48.7 Å². The van der Waals surface area contributed by atoms with Crippen molar-refractivity contribution in [2.45, 2.75) is 76.4 Å². The van der Waals surface area contributed by atoms with Crippen molar-refractivity contribution in [2.75, 3.05) is 20.3 Å². The maximum Gasteiger partial charge on any atom is 0.191 e. The Bertz CT molecular complexity index is 1160. The third-order valence-electron chi connectivity index (χ3n) is 9.38. The van der Waals surface area contributed by atoms with Crippen LogP contribution in [0.4, 0.5) is 8.78 Å². The molecular weight excluding hydrogens is 522 g/mol. The molecule has 2 aliphatic rings. The van der Waals surface area contributed by atoms with Crippen LogP contribution in [0.3, 0.4) is 0 Å². The van der Waals surface area contributed by atoms with E-state index in [1.165, 1.54) is 12.1 Å². The normalized spacial score (nSPS) is 25.6. The second-order valence-corrected chi connectivity index (χ2v) is 17.8. The maximum absolute atomic E-state index is 15.7. The Kier molecular flexibility index (Phi) is 8.37. The number of fused-ring (bicyclic) bond motifs is 3. The molecule has 208 valence electrons. The summed E-state index contributed by atoms with van der Waals surface area (Å²) in [5.41, 5.74) is 0.393. The molecular formula is C31H41ClF2O3Si. The number of allylic oxidation sites excluding steroid dienone is 1. The molecule has 1 heterocycles. The predicted octanol–water partition coefficient (Wildman–Crippen LogP) is 8.85.